The second kappa shape index (κ2) is 8.35. The number of nitrogens with one attached hydrogen (secondary N) is 1. The van der Waals surface area contributed by atoms with Gasteiger partial charge in [0, 0.05) is 25.2 Å². The Labute approximate surface area is 166 Å². The number of rotatable bonds is 5. The molecule has 0 spiro atoms. The van der Waals surface area contributed by atoms with E-state index < -0.39 is 0 Å². The predicted molar refractivity (Wildman–Crippen MR) is 109 cm³/mol. The summed E-state index contributed by atoms with van der Waals surface area (Å²) in [7, 11) is 3.56. The van der Waals surface area contributed by atoms with Crippen LogP contribution in [-0.2, 0) is 0 Å². The van der Waals surface area contributed by atoms with Crippen LogP contribution < -0.4 is 4.74 Å². The maximum absolute atomic E-state index is 12.9. The highest BCUT2D eigenvalue weighted by atomic mass is 16.5. The normalized spacial score (nSPS) is 22.5. The van der Waals surface area contributed by atoms with Gasteiger partial charge in [-0.25, -0.2) is 0 Å². The number of methoxy groups -OCH3 is 1. The van der Waals surface area contributed by atoms with Crippen molar-refractivity contribution in [2.45, 2.75) is 38.1 Å². The Morgan fingerprint density at radius 1 is 1.21 bits per heavy atom. The van der Waals surface area contributed by atoms with Crippen molar-refractivity contribution in [3.63, 3.8) is 0 Å². The quantitative estimate of drug-likeness (QED) is 0.861. The van der Waals surface area contributed by atoms with E-state index in [1.807, 2.05) is 42.3 Å². The zero-order valence-electron chi connectivity index (χ0n) is 16.9. The summed E-state index contributed by atoms with van der Waals surface area (Å²) in [4.78, 5) is 17.5. The van der Waals surface area contributed by atoms with E-state index in [0.29, 0.717) is 17.7 Å². The molecule has 28 heavy (non-hydrogen) atoms. The van der Waals surface area contributed by atoms with Gasteiger partial charge in [0.15, 0.2) is 0 Å². The average Bonchev–Trinajstić information content (AvgIpc) is 3.23. The van der Waals surface area contributed by atoms with Crippen molar-refractivity contribution in [2.24, 2.45) is 5.92 Å². The minimum absolute atomic E-state index is 0.0141. The van der Waals surface area contributed by atoms with Gasteiger partial charge in [-0.3, -0.25) is 9.89 Å². The molecule has 1 N–H and O–H groups in total. The van der Waals surface area contributed by atoms with Gasteiger partial charge in [-0.15, -0.1) is 0 Å². The molecule has 6 heteroatoms. The van der Waals surface area contributed by atoms with E-state index in [4.69, 9.17) is 4.74 Å². The monoisotopic (exact) mass is 382 g/mol. The number of aromatic nitrogens is 2. The predicted octanol–water partition coefficient (Wildman–Crippen LogP) is 3.42. The molecule has 2 aliphatic rings. The van der Waals surface area contributed by atoms with E-state index in [1.165, 1.54) is 45.2 Å². The van der Waals surface area contributed by atoms with Crippen molar-refractivity contribution in [1.82, 2.24) is 20.0 Å². The highest BCUT2D eigenvalue weighted by molar-refractivity contribution is 5.93. The van der Waals surface area contributed by atoms with Crippen LogP contribution in [0.1, 0.15) is 42.6 Å². The summed E-state index contributed by atoms with van der Waals surface area (Å²) in [6.07, 6.45) is 6.38. The van der Waals surface area contributed by atoms with Gasteiger partial charge in [0.05, 0.1) is 12.8 Å². The highest BCUT2D eigenvalue weighted by Crippen LogP contribution is 2.31. The molecule has 0 radical (unpaired) electrons. The molecule has 150 valence electrons. The van der Waals surface area contributed by atoms with Crippen LogP contribution >= 0.6 is 0 Å². The smallest absolute Gasteiger partial charge is 0.271 e. The number of aromatic amines is 1. The third-order valence-electron chi connectivity index (χ3n) is 6.28. The second-order valence-corrected chi connectivity index (χ2v) is 8.08. The summed E-state index contributed by atoms with van der Waals surface area (Å²) in [5.74, 6) is 1.40. The lowest BCUT2D eigenvalue weighted by Crippen LogP contribution is -2.51. The molecule has 0 aliphatic carbocycles. The minimum Gasteiger partial charge on any atom is -0.497 e. The number of amides is 1. The van der Waals surface area contributed by atoms with E-state index in [9.17, 15) is 4.79 Å². The summed E-state index contributed by atoms with van der Waals surface area (Å²) < 4.78 is 5.20. The standard InChI is InChI=1S/C22H30N4O2/c1-25(15-17-6-5-13-26-12-4-3-7-21(17)26)22(27)20-14-19(23-24-20)16-8-10-18(28-2)11-9-16/h8-11,14,17,21H,3-7,12-13,15H2,1-2H3,(H,23,24)/t17-,21+/m1/s1. The van der Waals surface area contributed by atoms with Crippen molar-refractivity contribution in [3.8, 4) is 17.0 Å². The molecular formula is C22H30N4O2. The first-order chi connectivity index (χ1) is 13.7. The number of fused-ring (bicyclic) bond motifs is 1. The fourth-order valence-electron chi connectivity index (χ4n) is 4.77. The minimum atomic E-state index is 0.0141. The molecule has 1 aromatic heterocycles. The molecule has 2 saturated heterocycles. The zero-order chi connectivity index (χ0) is 19.5. The largest absolute Gasteiger partial charge is 0.497 e. The topological polar surface area (TPSA) is 61.5 Å². The van der Waals surface area contributed by atoms with Crippen LogP contribution in [0.2, 0.25) is 0 Å². The molecule has 0 unspecified atom stereocenters. The lowest BCUT2D eigenvalue weighted by molar-refractivity contribution is 0.0401. The van der Waals surface area contributed by atoms with E-state index in [2.05, 4.69) is 15.1 Å². The Kier molecular flexibility index (Phi) is 5.67. The first kappa shape index (κ1) is 19.0. The molecule has 6 nitrogen and oxygen atoms in total. The molecule has 0 bridgehead atoms. The molecule has 2 aromatic rings. The van der Waals surface area contributed by atoms with Gasteiger partial charge in [-0.2, -0.15) is 5.10 Å². The molecule has 2 fully saturated rings. The first-order valence-corrected chi connectivity index (χ1v) is 10.3. The summed E-state index contributed by atoms with van der Waals surface area (Å²) in [5.41, 5.74) is 2.28. The van der Waals surface area contributed by atoms with Crippen LogP contribution in [0, 0.1) is 5.92 Å². The number of hydrogen-bond acceptors (Lipinski definition) is 4. The Bertz CT molecular complexity index is 799. The van der Waals surface area contributed by atoms with Gasteiger partial charge in [0.2, 0.25) is 0 Å². The Balaban J connectivity index is 1.41. The maximum Gasteiger partial charge on any atom is 0.271 e. The van der Waals surface area contributed by atoms with Crippen LogP contribution in [0.15, 0.2) is 30.3 Å². The van der Waals surface area contributed by atoms with Crippen molar-refractivity contribution in [2.75, 3.05) is 33.8 Å². The number of H-pyrrole nitrogens is 1. The fourth-order valence-corrected chi connectivity index (χ4v) is 4.77. The van der Waals surface area contributed by atoms with Crippen LogP contribution in [0.5, 0.6) is 5.75 Å². The van der Waals surface area contributed by atoms with Crippen LogP contribution in [-0.4, -0.2) is 65.7 Å². The van der Waals surface area contributed by atoms with Gasteiger partial charge in [0.25, 0.3) is 5.91 Å². The van der Waals surface area contributed by atoms with Gasteiger partial charge in [0.1, 0.15) is 11.4 Å². The summed E-state index contributed by atoms with van der Waals surface area (Å²) in [5, 5.41) is 7.26. The fraction of sp³-hybridized carbons (Fsp3) is 0.545. The molecule has 0 saturated carbocycles. The third-order valence-corrected chi connectivity index (χ3v) is 6.28. The molecule has 2 aliphatic heterocycles. The average molecular weight is 383 g/mol. The number of carbonyl (C=O) groups is 1. The molecular weight excluding hydrogens is 352 g/mol. The summed E-state index contributed by atoms with van der Waals surface area (Å²) >= 11 is 0. The van der Waals surface area contributed by atoms with Gasteiger partial charge >= 0.3 is 0 Å². The molecule has 1 aromatic carbocycles. The van der Waals surface area contributed by atoms with Crippen molar-refractivity contribution in [3.05, 3.63) is 36.0 Å². The van der Waals surface area contributed by atoms with Crippen LogP contribution in [0.4, 0.5) is 0 Å². The third kappa shape index (κ3) is 3.92. The van der Waals surface area contributed by atoms with Crippen molar-refractivity contribution >= 4 is 5.91 Å². The summed E-state index contributed by atoms with van der Waals surface area (Å²) in [6.45, 7) is 3.27. The van der Waals surface area contributed by atoms with Crippen molar-refractivity contribution in [1.29, 1.82) is 0 Å². The first-order valence-electron chi connectivity index (χ1n) is 10.3. The molecule has 3 heterocycles. The van der Waals surface area contributed by atoms with Crippen molar-refractivity contribution < 1.29 is 9.53 Å². The number of piperidine rings is 2. The number of benzene rings is 1. The number of nitrogens with zero attached hydrogens (tertiary/aromatic N) is 3. The maximum atomic E-state index is 12.9. The van der Waals surface area contributed by atoms with E-state index in [1.54, 1.807) is 7.11 Å². The molecule has 1 amide bonds. The van der Waals surface area contributed by atoms with Crippen LogP contribution in [0.3, 0.4) is 0 Å². The van der Waals surface area contributed by atoms with Gasteiger partial charge in [-0.1, -0.05) is 6.42 Å². The second-order valence-electron chi connectivity index (χ2n) is 8.08. The molecule has 4 rings (SSSR count). The number of carbonyl (C=O) groups excluding carboxylic acids is 1. The van der Waals surface area contributed by atoms with Crippen LogP contribution in [0.25, 0.3) is 11.3 Å². The number of hydrogen-bond donors (Lipinski definition) is 1. The Hall–Kier alpha value is -2.34. The highest BCUT2D eigenvalue weighted by Gasteiger charge is 2.34. The van der Waals surface area contributed by atoms with E-state index in [0.717, 1.165) is 23.6 Å². The Morgan fingerprint density at radius 2 is 2.00 bits per heavy atom. The number of ether oxygens (including phenoxy) is 1. The Morgan fingerprint density at radius 3 is 2.79 bits per heavy atom. The lowest BCUT2D eigenvalue weighted by Gasteiger charge is -2.45. The lowest BCUT2D eigenvalue weighted by atomic mass is 9.83. The van der Waals surface area contributed by atoms with Gasteiger partial charge < -0.3 is 14.5 Å². The zero-order valence-corrected chi connectivity index (χ0v) is 16.9. The molecule has 2 atom stereocenters. The van der Waals surface area contributed by atoms with Gasteiger partial charge in [-0.05, 0) is 75.0 Å². The van der Waals surface area contributed by atoms with E-state index in [-0.39, 0.29) is 5.91 Å². The summed E-state index contributed by atoms with van der Waals surface area (Å²) in [6, 6.07) is 10.2. The SMILES string of the molecule is COc1ccc(-c2cc(C(=O)N(C)C[C@H]3CCCN4CCCC[C@@H]34)[nH]n2)cc1. The van der Waals surface area contributed by atoms with E-state index >= 15 is 0 Å².